The second kappa shape index (κ2) is 13.0. The lowest BCUT2D eigenvalue weighted by molar-refractivity contribution is 0.167. The SMILES string of the molecule is CC1(C)CCOC1.N#Cc1ccc(COc2cccc(-c3cc(F)c(Cc4nc(-c5cc(=O)[nH]o5)n[nH]4)cc3F)n2)c(F)c1. The van der Waals surface area contributed by atoms with E-state index >= 15 is 0 Å². The predicted octanol–water partition coefficient (Wildman–Crippen LogP) is 5.71. The third-order valence-corrected chi connectivity index (χ3v) is 6.74. The Balaban J connectivity index is 0.000000484. The van der Waals surface area contributed by atoms with Gasteiger partial charge in [-0.2, -0.15) is 10.4 Å². The van der Waals surface area contributed by atoms with Crippen molar-refractivity contribution >= 4 is 0 Å². The van der Waals surface area contributed by atoms with Crippen LogP contribution in [0.15, 0.2) is 63.9 Å². The van der Waals surface area contributed by atoms with Gasteiger partial charge in [-0.3, -0.25) is 9.89 Å². The normalized spacial score (nSPS) is 13.6. The van der Waals surface area contributed by atoms with Crippen LogP contribution in [0.4, 0.5) is 13.2 Å². The summed E-state index contributed by atoms with van der Waals surface area (Å²) in [6.07, 6.45) is 1.13. The molecule has 226 valence electrons. The number of hydrogen-bond donors (Lipinski definition) is 2. The van der Waals surface area contributed by atoms with Crippen molar-refractivity contribution in [3.63, 3.8) is 0 Å². The van der Waals surface area contributed by atoms with E-state index in [1.807, 2.05) is 6.07 Å². The van der Waals surface area contributed by atoms with E-state index in [-0.39, 0.29) is 64.3 Å². The summed E-state index contributed by atoms with van der Waals surface area (Å²) in [7, 11) is 0. The molecule has 0 radical (unpaired) electrons. The minimum absolute atomic E-state index is 0.0168. The van der Waals surface area contributed by atoms with Crippen molar-refractivity contribution in [1.29, 1.82) is 5.26 Å². The third kappa shape index (κ3) is 7.40. The van der Waals surface area contributed by atoms with Gasteiger partial charge in [0.15, 0.2) is 0 Å². The number of ether oxygens (including phenoxy) is 2. The first-order valence-corrected chi connectivity index (χ1v) is 13.5. The summed E-state index contributed by atoms with van der Waals surface area (Å²) in [6.45, 7) is 6.22. The molecule has 0 aliphatic carbocycles. The number of aromatic nitrogens is 5. The number of nitrogens with zero attached hydrogens (tertiary/aromatic N) is 4. The van der Waals surface area contributed by atoms with Gasteiger partial charge in [0.25, 0.3) is 5.56 Å². The van der Waals surface area contributed by atoms with Crippen LogP contribution >= 0.6 is 0 Å². The van der Waals surface area contributed by atoms with Crippen LogP contribution in [0.25, 0.3) is 22.8 Å². The molecule has 6 rings (SSSR count). The molecule has 1 aliphatic heterocycles. The molecule has 0 spiro atoms. The first-order valence-electron chi connectivity index (χ1n) is 13.5. The predicted molar refractivity (Wildman–Crippen MR) is 152 cm³/mol. The average molecular weight is 605 g/mol. The van der Waals surface area contributed by atoms with Crippen LogP contribution in [0.2, 0.25) is 0 Å². The molecule has 0 amide bonds. The summed E-state index contributed by atoms with van der Waals surface area (Å²) in [5.74, 6) is -1.53. The van der Waals surface area contributed by atoms with Gasteiger partial charge in [0.2, 0.25) is 17.5 Å². The number of halogens is 3. The fraction of sp³-hybridized carbons (Fsp3) is 0.258. The van der Waals surface area contributed by atoms with Gasteiger partial charge in [-0.25, -0.2) is 23.1 Å². The Morgan fingerprint density at radius 1 is 1.02 bits per heavy atom. The number of H-pyrrole nitrogens is 2. The number of nitrogens with one attached hydrogen (secondary N) is 2. The molecule has 0 bridgehead atoms. The Bertz CT molecular complexity index is 1870. The van der Waals surface area contributed by atoms with Crippen molar-refractivity contribution in [1.82, 2.24) is 25.3 Å². The monoisotopic (exact) mass is 604 g/mol. The number of aromatic amines is 2. The van der Waals surface area contributed by atoms with Crippen molar-refractivity contribution in [2.45, 2.75) is 33.3 Å². The molecular formula is C31H27F3N6O4. The van der Waals surface area contributed by atoms with E-state index in [0.29, 0.717) is 5.41 Å². The second-order valence-electron chi connectivity index (χ2n) is 10.8. The van der Waals surface area contributed by atoms with Gasteiger partial charge >= 0.3 is 0 Å². The van der Waals surface area contributed by atoms with Crippen LogP contribution in [0, 0.1) is 34.2 Å². The molecule has 5 aromatic rings. The first kappa shape index (κ1) is 30.2. The molecule has 10 nitrogen and oxygen atoms in total. The van der Waals surface area contributed by atoms with E-state index in [9.17, 15) is 18.0 Å². The van der Waals surface area contributed by atoms with Crippen molar-refractivity contribution in [3.05, 3.63) is 105 Å². The van der Waals surface area contributed by atoms with Gasteiger partial charge in [-0.1, -0.05) is 26.0 Å². The van der Waals surface area contributed by atoms with Crippen LogP contribution in [0.1, 0.15) is 42.8 Å². The molecule has 44 heavy (non-hydrogen) atoms. The first-order chi connectivity index (χ1) is 21.1. The van der Waals surface area contributed by atoms with Crippen LogP contribution in [-0.2, 0) is 17.8 Å². The topological polar surface area (TPSA) is 143 Å². The fourth-order valence-corrected chi connectivity index (χ4v) is 4.28. The summed E-state index contributed by atoms with van der Waals surface area (Å²) < 4.78 is 59.6. The summed E-state index contributed by atoms with van der Waals surface area (Å²) in [5.41, 5.74) is 0.439. The largest absolute Gasteiger partial charge is 0.473 e. The lowest BCUT2D eigenvalue weighted by Gasteiger charge is -2.11. The molecule has 1 aliphatic rings. The zero-order valence-corrected chi connectivity index (χ0v) is 23.8. The van der Waals surface area contributed by atoms with Crippen molar-refractivity contribution in [3.8, 4) is 34.8 Å². The minimum Gasteiger partial charge on any atom is -0.473 e. The fourth-order valence-electron chi connectivity index (χ4n) is 4.28. The summed E-state index contributed by atoms with van der Waals surface area (Å²) in [5, 5.41) is 17.5. The molecule has 1 fully saturated rings. The lowest BCUT2D eigenvalue weighted by atomic mass is 9.94. The van der Waals surface area contributed by atoms with Gasteiger partial charge in [0.1, 0.15) is 29.9 Å². The Morgan fingerprint density at radius 3 is 2.50 bits per heavy atom. The van der Waals surface area contributed by atoms with Crippen molar-refractivity contribution in [2.24, 2.45) is 5.41 Å². The maximum absolute atomic E-state index is 15.0. The number of benzene rings is 2. The molecular weight excluding hydrogens is 577 g/mol. The lowest BCUT2D eigenvalue weighted by Crippen LogP contribution is -2.08. The van der Waals surface area contributed by atoms with E-state index in [1.165, 1.54) is 30.7 Å². The third-order valence-electron chi connectivity index (χ3n) is 6.74. The highest BCUT2D eigenvalue weighted by molar-refractivity contribution is 5.61. The Kier molecular flexibility index (Phi) is 8.91. The highest BCUT2D eigenvalue weighted by atomic mass is 19.1. The minimum atomic E-state index is -0.726. The molecule has 0 atom stereocenters. The quantitative estimate of drug-likeness (QED) is 0.241. The Labute approximate surface area is 249 Å². The molecule has 4 heterocycles. The molecule has 1 saturated heterocycles. The Hall–Kier alpha value is -5.22. The molecule has 2 aromatic carbocycles. The van der Waals surface area contributed by atoms with Gasteiger partial charge in [0.05, 0.1) is 30.0 Å². The van der Waals surface area contributed by atoms with Gasteiger partial charge < -0.3 is 14.0 Å². The molecule has 2 N–H and O–H groups in total. The summed E-state index contributed by atoms with van der Waals surface area (Å²) in [6, 6.07) is 13.6. The molecule has 3 aromatic heterocycles. The second-order valence-corrected chi connectivity index (χ2v) is 10.8. The van der Waals surface area contributed by atoms with Crippen LogP contribution in [-0.4, -0.2) is 38.5 Å². The van der Waals surface area contributed by atoms with Crippen LogP contribution in [0.5, 0.6) is 5.88 Å². The number of hydrogen-bond acceptors (Lipinski definition) is 8. The average Bonchev–Trinajstić information content (AvgIpc) is 3.75. The molecule has 13 heteroatoms. The van der Waals surface area contributed by atoms with E-state index in [4.69, 9.17) is 19.3 Å². The van der Waals surface area contributed by atoms with Gasteiger partial charge in [0, 0.05) is 30.2 Å². The van der Waals surface area contributed by atoms with Gasteiger partial charge in [-0.15, -0.1) is 5.10 Å². The highest BCUT2D eigenvalue weighted by Crippen LogP contribution is 2.28. The standard InChI is InChI=1S/C25H15F3N6O3.C6H12O/c26-17-6-13(11-29)4-5-14(17)12-36-24-3-1-2-20(30-24)16-9-18(27)15(7-19(16)28)8-22-31-25(33-32-22)21-10-23(35)34-37-21;1-6(2)3-4-7-5-6/h1-7,9-10H,8,12H2,(H,34,35)(H,31,32,33);3-5H2,1-2H3. The summed E-state index contributed by atoms with van der Waals surface area (Å²) in [4.78, 5) is 19.5. The Morgan fingerprint density at radius 2 is 1.84 bits per heavy atom. The number of rotatable bonds is 7. The van der Waals surface area contributed by atoms with Crippen LogP contribution < -0.4 is 10.3 Å². The van der Waals surface area contributed by atoms with Crippen LogP contribution in [0.3, 0.4) is 0 Å². The van der Waals surface area contributed by atoms with Gasteiger partial charge in [-0.05, 0) is 47.7 Å². The van der Waals surface area contributed by atoms with Crippen molar-refractivity contribution < 1.29 is 27.2 Å². The van der Waals surface area contributed by atoms with E-state index < -0.39 is 23.0 Å². The number of pyridine rings is 1. The maximum Gasteiger partial charge on any atom is 0.280 e. The molecule has 0 saturated carbocycles. The highest BCUT2D eigenvalue weighted by Gasteiger charge is 2.23. The zero-order valence-electron chi connectivity index (χ0n) is 23.8. The maximum atomic E-state index is 15.0. The number of nitriles is 1. The summed E-state index contributed by atoms with van der Waals surface area (Å²) >= 11 is 0. The van der Waals surface area contributed by atoms with E-state index in [0.717, 1.165) is 37.5 Å². The van der Waals surface area contributed by atoms with E-state index in [2.05, 4.69) is 39.2 Å². The molecule has 0 unspecified atom stereocenters. The van der Waals surface area contributed by atoms with Crippen molar-refractivity contribution in [2.75, 3.05) is 13.2 Å². The smallest absolute Gasteiger partial charge is 0.280 e. The van der Waals surface area contributed by atoms with E-state index in [1.54, 1.807) is 6.07 Å². The zero-order chi connectivity index (χ0) is 31.3.